The number of nitrogens with zero attached hydrogens (tertiary/aromatic N) is 1. The lowest BCUT2D eigenvalue weighted by molar-refractivity contribution is -0.129. The number of hydrogen-bond acceptors (Lipinski definition) is 2. The van der Waals surface area contributed by atoms with E-state index in [1.807, 2.05) is 74.2 Å². The van der Waals surface area contributed by atoms with E-state index >= 15 is 0 Å². The van der Waals surface area contributed by atoms with Crippen molar-refractivity contribution >= 4 is 17.5 Å². The molecule has 0 radical (unpaired) electrons. The van der Waals surface area contributed by atoms with E-state index in [9.17, 15) is 9.59 Å². The zero-order valence-corrected chi connectivity index (χ0v) is 15.0. The van der Waals surface area contributed by atoms with Crippen LogP contribution in [0.4, 0.5) is 5.69 Å². The Bertz CT molecular complexity index is 786. The molecule has 25 heavy (non-hydrogen) atoms. The van der Waals surface area contributed by atoms with Crippen molar-refractivity contribution in [1.82, 2.24) is 4.90 Å². The molecule has 0 bridgehead atoms. The Hall–Kier alpha value is -2.62. The van der Waals surface area contributed by atoms with Crippen LogP contribution in [0.5, 0.6) is 0 Å². The van der Waals surface area contributed by atoms with Gasteiger partial charge in [0.15, 0.2) is 0 Å². The Morgan fingerprint density at radius 2 is 1.84 bits per heavy atom. The van der Waals surface area contributed by atoms with Crippen LogP contribution in [-0.2, 0) is 9.59 Å². The van der Waals surface area contributed by atoms with Gasteiger partial charge < -0.3 is 10.2 Å². The Morgan fingerprint density at radius 1 is 1.12 bits per heavy atom. The van der Waals surface area contributed by atoms with Gasteiger partial charge in [0.05, 0.1) is 12.0 Å². The van der Waals surface area contributed by atoms with Crippen LogP contribution in [0, 0.1) is 19.8 Å². The summed E-state index contributed by atoms with van der Waals surface area (Å²) in [5, 5.41) is 2.99. The average molecular weight is 336 g/mol. The van der Waals surface area contributed by atoms with E-state index in [0.29, 0.717) is 6.54 Å². The average Bonchev–Trinajstić information content (AvgIpc) is 3.01. The van der Waals surface area contributed by atoms with E-state index in [1.165, 1.54) is 0 Å². The van der Waals surface area contributed by atoms with Crippen molar-refractivity contribution in [2.45, 2.75) is 33.2 Å². The first-order valence-corrected chi connectivity index (χ1v) is 8.69. The number of rotatable bonds is 4. The topological polar surface area (TPSA) is 49.4 Å². The van der Waals surface area contributed by atoms with Crippen LogP contribution < -0.4 is 5.32 Å². The minimum Gasteiger partial charge on any atom is -0.335 e. The molecule has 1 N–H and O–H groups in total. The highest BCUT2D eigenvalue weighted by Gasteiger charge is 2.37. The first-order valence-electron chi connectivity index (χ1n) is 8.69. The first kappa shape index (κ1) is 17.2. The molecule has 1 aliphatic rings. The predicted molar refractivity (Wildman–Crippen MR) is 99.2 cm³/mol. The fourth-order valence-electron chi connectivity index (χ4n) is 3.31. The van der Waals surface area contributed by atoms with Crippen LogP contribution in [0.3, 0.4) is 0 Å². The summed E-state index contributed by atoms with van der Waals surface area (Å²) in [7, 11) is 0. The quantitative estimate of drug-likeness (QED) is 0.922. The second kappa shape index (κ2) is 7.09. The zero-order valence-electron chi connectivity index (χ0n) is 15.0. The molecule has 1 fully saturated rings. The molecule has 0 aromatic heterocycles. The van der Waals surface area contributed by atoms with E-state index in [4.69, 9.17) is 0 Å². The Kier molecular flexibility index (Phi) is 4.88. The second-order valence-corrected chi connectivity index (χ2v) is 6.77. The number of nitrogens with one attached hydrogen (secondary N) is 1. The molecular formula is C21H24N2O2. The number of likely N-dealkylation sites (tertiary alicyclic amines) is 1. The summed E-state index contributed by atoms with van der Waals surface area (Å²) >= 11 is 0. The molecule has 1 heterocycles. The third-order valence-corrected chi connectivity index (χ3v) is 5.14. The Balaban J connectivity index is 1.69. The zero-order chi connectivity index (χ0) is 18.0. The summed E-state index contributed by atoms with van der Waals surface area (Å²) in [6, 6.07) is 15.8. The highest BCUT2D eigenvalue weighted by molar-refractivity contribution is 5.97. The summed E-state index contributed by atoms with van der Waals surface area (Å²) < 4.78 is 0. The molecule has 2 aromatic rings. The van der Waals surface area contributed by atoms with Crippen LogP contribution in [0.25, 0.3) is 0 Å². The molecule has 1 saturated heterocycles. The fraction of sp³-hybridized carbons (Fsp3) is 0.333. The lowest BCUT2D eigenvalue weighted by Crippen LogP contribution is -2.30. The fourth-order valence-corrected chi connectivity index (χ4v) is 3.31. The van der Waals surface area contributed by atoms with Crippen molar-refractivity contribution < 1.29 is 9.59 Å². The van der Waals surface area contributed by atoms with E-state index < -0.39 is 0 Å². The van der Waals surface area contributed by atoms with E-state index in [-0.39, 0.29) is 30.2 Å². The molecule has 3 rings (SSSR count). The van der Waals surface area contributed by atoms with Crippen LogP contribution in [0.15, 0.2) is 48.5 Å². The van der Waals surface area contributed by atoms with Gasteiger partial charge in [0, 0.05) is 18.7 Å². The van der Waals surface area contributed by atoms with Gasteiger partial charge in [-0.05, 0) is 43.5 Å². The molecule has 0 unspecified atom stereocenters. The van der Waals surface area contributed by atoms with Crippen molar-refractivity contribution in [3.8, 4) is 0 Å². The number of carbonyl (C=O) groups excluding carboxylic acids is 2. The van der Waals surface area contributed by atoms with E-state index in [0.717, 1.165) is 22.4 Å². The Morgan fingerprint density at radius 3 is 2.56 bits per heavy atom. The van der Waals surface area contributed by atoms with Crippen molar-refractivity contribution in [3.05, 3.63) is 65.2 Å². The largest absolute Gasteiger partial charge is 0.335 e. The van der Waals surface area contributed by atoms with Crippen LogP contribution in [0.1, 0.15) is 36.1 Å². The van der Waals surface area contributed by atoms with Crippen molar-refractivity contribution in [1.29, 1.82) is 0 Å². The van der Waals surface area contributed by atoms with Crippen LogP contribution >= 0.6 is 0 Å². The number of aryl methyl sites for hydroxylation is 1. The smallest absolute Gasteiger partial charge is 0.229 e. The molecule has 0 saturated carbocycles. The third-order valence-electron chi connectivity index (χ3n) is 5.14. The summed E-state index contributed by atoms with van der Waals surface area (Å²) in [5.41, 5.74) is 4.12. The van der Waals surface area contributed by atoms with Crippen molar-refractivity contribution in [2.24, 2.45) is 5.92 Å². The van der Waals surface area contributed by atoms with Gasteiger partial charge in [0.2, 0.25) is 11.8 Å². The number of hydrogen-bond donors (Lipinski definition) is 1. The van der Waals surface area contributed by atoms with Gasteiger partial charge in [-0.2, -0.15) is 0 Å². The minimum absolute atomic E-state index is 0.0211. The molecule has 2 atom stereocenters. The molecule has 130 valence electrons. The summed E-state index contributed by atoms with van der Waals surface area (Å²) in [4.78, 5) is 26.9. The maximum absolute atomic E-state index is 12.6. The van der Waals surface area contributed by atoms with Crippen LogP contribution in [-0.4, -0.2) is 23.3 Å². The molecule has 4 nitrogen and oxygen atoms in total. The van der Waals surface area contributed by atoms with Crippen LogP contribution in [0.2, 0.25) is 0 Å². The van der Waals surface area contributed by atoms with Gasteiger partial charge in [-0.25, -0.2) is 0 Å². The van der Waals surface area contributed by atoms with Crippen molar-refractivity contribution in [3.63, 3.8) is 0 Å². The van der Waals surface area contributed by atoms with E-state index in [2.05, 4.69) is 5.32 Å². The molecule has 2 amide bonds. The maximum atomic E-state index is 12.6. The Labute approximate surface area is 148 Å². The number of amides is 2. The van der Waals surface area contributed by atoms with E-state index in [1.54, 1.807) is 0 Å². The second-order valence-electron chi connectivity index (χ2n) is 6.77. The summed E-state index contributed by atoms with van der Waals surface area (Å²) in [6.45, 7) is 6.49. The highest BCUT2D eigenvalue weighted by Crippen LogP contribution is 2.29. The third kappa shape index (κ3) is 3.58. The highest BCUT2D eigenvalue weighted by atomic mass is 16.2. The number of carbonyl (C=O) groups is 2. The minimum atomic E-state index is -0.307. The molecule has 0 aliphatic carbocycles. The molecule has 4 heteroatoms. The van der Waals surface area contributed by atoms with Gasteiger partial charge in [-0.3, -0.25) is 9.59 Å². The van der Waals surface area contributed by atoms with Gasteiger partial charge in [0.1, 0.15) is 0 Å². The predicted octanol–water partition coefficient (Wildman–Crippen LogP) is 3.85. The molecular weight excluding hydrogens is 312 g/mol. The lowest BCUT2D eigenvalue weighted by atomic mass is 10.1. The van der Waals surface area contributed by atoms with Gasteiger partial charge >= 0.3 is 0 Å². The van der Waals surface area contributed by atoms with Gasteiger partial charge in [-0.15, -0.1) is 0 Å². The number of benzene rings is 2. The normalized spacial score (nSPS) is 18.3. The summed E-state index contributed by atoms with van der Waals surface area (Å²) in [5.74, 6) is -0.346. The molecule has 0 spiro atoms. The first-order chi connectivity index (χ1) is 12.0. The molecule has 2 aromatic carbocycles. The van der Waals surface area contributed by atoms with Gasteiger partial charge in [0.25, 0.3) is 0 Å². The van der Waals surface area contributed by atoms with Gasteiger partial charge in [-0.1, -0.05) is 42.5 Å². The maximum Gasteiger partial charge on any atom is 0.229 e. The SMILES string of the molecule is Cc1cccc(NC(=O)[C@H]2CC(=O)N([C@@H](C)c3ccccc3)C2)c1C. The van der Waals surface area contributed by atoms with Crippen molar-refractivity contribution in [2.75, 3.05) is 11.9 Å². The standard InChI is InChI=1S/C21H24N2O2/c1-14-8-7-11-19(15(14)2)22-21(25)18-12-20(24)23(13-18)16(3)17-9-5-4-6-10-17/h4-11,16,18H,12-13H2,1-3H3,(H,22,25)/t16-,18-/m0/s1. The lowest BCUT2D eigenvalue weighted by Gasteiger charge is -2.25. The monoisotopic (exact) mass is 336 g/mol. The number of anilines is 1. The summed E-state index contributed by atoms with van der Waals surface area (Å²) in [6.07, 6.45) is 0.272. The molecule has 1 aliphatic heterocycles.